The number of benzene rings is 1. The molecule has 5 nitrogen and oxygen atoms in total. The minimum absolute atomic E-state index is 0. The zero-order chi connectivity index (χ0) is 11.0. The number of carboxylic acids is 1. The number of nitro benzene ring substituents is 1. The molecule has 0 atom stereocenters. The number of nitrogens with zero attached hydrogens (tertiary/aromatic N) is 1. The highest BCUT2D eigenvalue weighted by Gasteiger charge is 2.11. The molecule has 0 saturated carbocycles. The van der Waals surface area contributed by atoms with Crippen molar-refractivity contribution in [2.24, 2.45) is 0 Å². The number of rotatable bonds is 2. The van der Waals surface area contributed by atoms with Crippen LogP contribution in [0.1, 0.15) is 9.67 Å². The lowest BCUT2D eigenvalue weighted by Crippen LogP contribution is -1.89. The van der Waals surface area contributed by atoms with Gasteiger partial charge in [0.05, 0.1) is 4.92 Å². The summed E-state index contributed by atoms with van der Waals surface area (Å²) in [6, 6.07) is 5.74. The molecular weight excluding hydrogens is 254 g/mol. The van der Waals surface area contributed by atoms with Gasteiger partial charge in [0.25, 0.3) is 5.69 Å². The van der Waals surface area contributed by atoms with Crippen LogP contribution >= 0.6 is 23.7 Å². The Morgan fingerprint density at radius 1 is 1.38 bits per heavy atom. The van der Waals surface area contributed by atoms with Crippen LogP contribution in [0.5, 0.6) is 0 Å². The minimum Gasteiger partial charge on any atom is -0.477 e. The normalized spacial score (nSPS) is 9.75. The Bertz CT molecular complexity index is 554. The predicted molar refractivity (Wildman–Crippen MR) is 62.7 cm³/mol. The van der Waals surface area contributed by atoms with Gasteiger partial charge in [0, 0.05) is 22.2 Å². The second-order valence-corrected chi connectivity index (χ2v) is 3.98. The van der Waals surface area contributed by atoms with Crippen molar-refractivity contribution in [1.82, 2.24) is 0 Å². The lowest BCUT2D eigenvalue weighted by Gasteiger charge is -1.89. The molecule has 1 N–H and O–H groups in total. The van der Waals surface area contributed by atoms with Crippen LogP contribution in [0.3, 0.4) is 0 Å². The van der Waals surface area contributed by atoms with Crippen LogP contribution in [0.25, 0.3) is 10.1 Å². The summed E-state index contributed by atoms with van der Waals surface area (Å²) >= 11 is 1.10. The Morgan fingerprint density at radius 2 is 2.06 bits per heavy atom. The number of carboxylic acid groups (broad SMARTS) is 1. The van der Waals surface area contributed by atoms with Gasteiger partial charge in [-0.3, -0.25) is 10.1 Å². The van der Waals surface area contributed by atoms with E-state index < -0.39 is 10.9 Å². The average Bonchev–Trinajstić information content (AvgIpc) is 2.59. The van der Waals surface area contributed by atoms with Gasteiger partial charge in [0.1, 0.15) is 4.88 Å². The number of carbonyl (C=O) groups is 1. The average molecular weight is 260 g/mol. The minimum atomic E-state index is -1.01. The van der Waals surface area contributed by atoms with Gasteiger partial charge < -0.3 is 5.11 Å². The van der Waals surface area contributed by atoms with E-state index in [9.17, 15) is 14.9 Å². The van der Waals surface area contributed by atoms with Crippen molar-refractivity contribution < 1.29 is 14.8 Å². The van der Waals surface area contributed by atoms with Crippen LogP contribution in [0.15, 0.2) is 24.3 Å². The number of hydrogen-bond donors (Lipinski definition) is 1. The molecule has 0 radical (unpaired) electrons. The molecule has 2 aromatic rings. The highest BCUT2D eigenvalue weighted by molar-refractivity contribution is 7.20. The first-order valence-corrected chi connectivity index (χ1v) is 4.81. The van der Waals surface area contributed by atoms with E-state index in [4.69, 9.17) is 5.11 Å². The van der Waals surface area contributed by atoms with Crippen molar-refractivity contribution in [2.75, 3.05) is 0 Å². The Balaban J connectivity index is 0.00000128. The van der Waals surface area contributed by atoms with Crippen LogP contribution in [-0.2, 0) is 0 Å². The van der Waals surface area contributed by atoms with Crippen molar-refractivity contribution in [1.29, 1.82) is 0 Å². The van der Waals surface area contributed by atoms with Gasteiger partial charge in [-0.2, -0.15) is 0 Å². The molecule has 1 aromatic carbocycles. The molecule has 84 valence electrons. The van der Waals surface area contributed by atoms with Gasteiger partial charge in [-0.05, 0) is 12.1 Å². The molecule has 0 unspecified atom stereocenters. The Hall–Kier alpha value is -1.66. The number of thiophene rings is 1. The number of halogens is 1. The third-order valence-electron chi connectivity index (χ3n) is 1.92. The number of aromatic carboxylic acids is 1. The Labute approximate surface area is 99.9 Å². The lowest BCUT2D eigenvalue weighted by molar-refractivity contribution is -0.384. The van der Waals surface area contributed by atoms with E-state index in [-0.39, 0.29) is 23.0 Å². The molecule has 0 saturated heterocycles. The van der Waals surface area contributed by atoms with E-state index >= 15 is 0 Å². The Kier molecular flexibility index (Phi) is 3.46. The molecule has 0 aliphatic heterocycles. The van der Waals surface area contributed by atoms with Crippen LogP contribution < -0.4 is 0 Å². The predicted octanol–water partition coefficient (Wildman–Crippen LogP) is 2.93. The third kappa shape index (κ3) is 2.12. The fourth-order valence-corrected chi connectivity index (χ4v) is 2.13. The molecule has 7 heteroatoms. The zero-order valence-electron chi connectivity index (χ0n) is 7.75. The van der Waals surface area contributed by atoms with Crippen molar-refractivity contribution in [2.45, 2.75) is 0 Å². The van der Waals surface area contributed by atoms with Crippen molar-refractivity contribution in [3.05, 3.63) is 39.3 Å². The van der Waals surface area contributed by atoms with Gasteiger partial charge in [0.2, 0.25) is 0 Å². The van der Waals surface area contributed by atoms with Gasteiger partial charge in [-0.25, -0.2) is 4.79 Å². The summed E-state index contributed by atoms with van der Waals surface area (Å²) in [5.74, 6) is -1.01. The molecule has 2 rings (SSSR count). The van der Waals surface area contributed by atoms with Crippen LogP contribution in [0, 0.1) is 10.1 Å². The van der Waals surface area contributed by atoms with E-state index in [1.165, 1.54) is 18.2 Å². The van der Waals surface area contributed by atoms with Crippen molar-refractivity contribution in [3.63, 3.8) is 0 Å². The van der Waals surface area contributed by atoms with E-state index in [2.05, 4.69) is 0 Å². The first kappa shape index (κ1) is 12.4. The van der Waals surface area contributed by atoms with Crippen LogP contribution in [-0.4, -0.2) is 16.0 Å². The fourth-order valence-electron chi connectivity index (χ4n) is 1.25. The number of hydrogen-bond acceptors (Lipinski definition) is 4. The molecule has 0 spiro atoms. The number of fused-ring (bicyclic) bond motifs is 1. The van der Waals surface area contributed by atoms with Gasteiger partial charge in [-0.1, -0.05) is 0 Å². The summed E-state index contributed by atoms with van der Waals surface area (Å²) in [6.07, 6.45) is 0. The van der Waals surface area contributed by atoms with Crippen molar-refractivity contribution in [3.8, 4) is 0 Å². The van der Waals surface area contributed by atoms with Gasteiger partial charge in [0.15, 0.2) is 0 Å². The maximum atomic E-state index is 10.7. The summed E-state index contributed by atoms with van der Waals surface area (Å²) < 4.78 is 0.734. The fraction of sp³-hybridized carbons (Fsp3) is 0. The number of nitro groups is 1. The van der Waals surface area contributed by atoms with Gasteiger partial charge >= 0.3 is 5.97 Å². The van der Waals surface area contributed by atoms with Crippen LogP contribution in [0.2, 0.25) is 0 Å². The van der Waals surface area contributed by atoms with E-state index in [1.807, 2.05) is 0 Å². The van der Waals surface area contributed by atoms with E-state index in [1.54, 1.807) is 6.07 Å². The van der Waals surface area contributed by atoms with E-state index in [0.717, 1.165) is 16.0 Å². The molecule has 0 fully saturated rings. The first-order valence-electron chi connectivity index (χ1n) is 3.99. The maximum absolute atomic E-state index is 10.7. The molecule has 0 amide bonds. The maximum Gasteiger partial charge on any atom is 0.345 e. The monoisotopic (exact) mass is 259 g/mol. The summed E-state index contributed by atoms with van der Waals surface area (Å²) in [7, 11) is 0. The smallest absolute Gasteiger partial charge is 0.345 e. The van der Waals surface area contributed by atoms with Gasteiger partial charge in [-0.15, -0.1) is 23.7 Å². The van der Waals surface area contributed by atoms with E-state index in [0.29, 0.717) is 5.39 Å². The highest BCUT2D eigenvalue weighted by atomic mass is 35.5. The largest absolute Gasteiger partial charge is 0.477 e. The molecule has 1 aromatic heterocycles. The quantitative estimate of drug-likeness (QED) is 0.664. The summed E-state index contributed by atoms with van der Waals surface area (Å²) in [5, 5.41) is 19.8. The molecule has 0 bridgehead atoms. The standard InChI is InChI=1S/C9H5NO4S.ClH/c11-9(12)8-4-5-3-6(10(13)14)1-2-7(5)15-8;/h1-4H,(H,11,12);1H. The summed E-state index contributed by atoms with van der Waals surface area (Å²) in [4.78, 5) is 20.8. The van der Waals surface area contributed by atoms with Crippen LogP contribution in [0.4, 0.5) is 5.69 Å². The molecule has 1 heterocycles. The van der Waals surface area contributed by atoms with Crippen molar-refractivity contribution >= 4 is 45.5 Å². The highest BCUT2D eigenvalue weighted by Crippen LogP contribution is 2.28. The topological polar surface area (TPSA) is 80.4 Å². The summed E-state index contributed by atoms with van der Waals surface area (Å²) in [5.41, 5.74) is -0.0303. The SMILES string of the molecule is Cl.O=C(O)c1cc2cc([N+](=O)[O-])ccc2s1. The Morgan fingerprint density at radius 3 is 2.62 bits per heavy atom. The lowest BCUT2D eigenvalue weighted by atomic mass is 10.2. The first-order chi connectivity index (χ1) is 7.08. The summed E-state index contributed by atoms with van der Waals surface area (Å²) in [6.45, 7) is 0. The molecule has 16 heavy (non-hydrogen) atoms. The second kappa shape index (κ2) is 4.46. The third-order valence-corrected chi connectivity index (χ3v) is 3.03. The molecular formula is C9H6ClNO4S. The second-order valence-electron chi connectivity index (χ2n) is 2.90. The number of non-ortho nitro benzene ring substituents is 1. The molecule has 0 aliphatic carbocycles. The molecule has 0 aliphatic rings. The zero-order valence-corrected chi connectivity index (χ0v) is 9.38.